The van der Waals surface area contributed by atoms with Crippen molar-refractivity contribution < 1.29 is 23.7 Å². The third kappa shape index (κ3) is 5.36. The molecule has 2 heterocycles. The van der Waals surface area contributed by atoms with Crippen LogP contribution in [0.3, 0.4) is 0 Å². The summed E-state index contributed by atoms with van der Waals surface area (Å²) >= 11 is 2.59. The fourth-order valence-corrected chi connectivity index (χ4v) is 5.10. The molecule has 2 aromatic carbocycles. The molecule has 0 fully saturated rings. The minimum atomic E-state index is -0.497. The highest BCUT2D eigenvalue weighted by molar-refractivity contribution is 8.19. The number of amidine groups is 3. The number of fused-ring (bicyclic) bond motifs is 1. The number of para-hydroxylation sites is 1. The maximum Gasteiger partial charge on any atom is 0.283 e. The zero-order valence-electron chi connectivity index (χ0n) is 20.4. The Bertz CT molecular complexity index is 1250. The van der Waals surface area contributed by atoms with Crippen LogP contribution in [-0.4, -0.2) is 60.2 Å². The fraction of sp³-hybridized carbons (Fsp3) is 0.280. The van der Waals surface area contributed by atoms with Gasteiger partial charge in [0.1, 0.15) is 24.8 Å². The topological polar surface area (TPSA) is 106 Å². The Morgan fingerprint density at radius 2 is 1.78 bits per heavy atom. The van der Waals surface area contributed by atoms with Crippen molar-refractivity contribution in [2.45, 2.75) is 13.8 Å². The van der Waals surface area contributed by atoms with Crippen molar-refractivity contribution in [3.8, 4) is 23.0 Å². The summed E-state index contributed by atoms with van der Waals surface area (Å²) in [6, 6.07) is 11.2. The molecule has 0 radical (unpaired) electrons. The second-order valence-electron chi connectivity index (χ2n) is 7.56. The molecule has 0 unspecified atom stereocenters. The number of hydrogen-bond acceptors (Lipinski definition) is 9. The van der Waals surface area contributed by atoms with Gasteiger partial charge in [-0.15, -0.1) is 0 Å². The lowest BCUT2D eigenvalue weighted by Crippen LogP contribution is -2.41. The number of benzene rings is 2. The van der Waals surface area contributed by atoms with Gasteiger partial charge in [-0.3, -0.25) is 10.2 Å². The van der Waals surface area contributed by atoms with E-state index >= 15 is 0 Å². The van der Waals surface area contributed by atoms with E-state index in [0.717, 1.165) is 29.0 Å². The van der Waals surface area contributed by atoms with E-state index in [9.17, 15) is 4.79 Å². The molecule has 9 nitrogen and oxygen atoms in total. The summed E-state index contributed by atoms with van der Waals surface area (Å²) in [5.41, 5.74) is 1.80. The summed E-state index contributed by atoms with van der Waals surface area (Å²) in [7, 11) is 3.05. The standard InChI is InChI=1S/C25H26N4O5S2/c1-5-35-25-28-36-24-27-23(30)17(22(26)29(24)25)12-16-13-19(31-3)21(20(14-16)32-4)34-11-10-33-18-9-7-6-8-15(18)2/h6-9,12-14,26H,5,10-11H2,1-4H3/b17-12-,26-22?. The third-order valence-corrected chi connectivity index (χ3v) is 6.88. The number of aliphatic imine (C=N–C) groups is 1. The second kappa shape index (κ2) is 11.5. The minimum Gasteiger partial charge on any atom is -0.493 e. The Morgan fingerprint density at radius 1 is 1.08 bits per heavy atom. The quantitative estimate of drug-likeness (QED) is 0.282. The van der Waals surface area contributed by atoms with E-state index in [1.54, 1.807) is 23.1 Å². The summed E-state index contributed by atoms with van der Waals surface area (Å²) in [6.07, 6.45) is 1.60. The maximum atomic E-state index is 12.7. The zero-order chi connectivity index (χ0) is 25.7. The molecule has 0 atom stereocenters. The lowest BCUT2D eigenvalue weighted by Gasteiger charge is -2.24. The minimum absolute atomic E-state index is 0.0290. The number of rotatable bonds is 9. The molecule has 1 amide bonds. The van der Waals surface area contributed by atoms with Gasteiger partial charge >= 0.3 is 0 Å². The van der Waals surface area contributed by atoms with Crippen LogP contribution in [0.2, 0.25) is 0 Å². The average molecular weight is 527 g/mol. The highest BCUT2D eigenvalue weighted by Gasteiger charge is 2.37. The fourth-order valence-electron chi connectivity index (χ4n) is 3.53. The molecule has 0 aliphatic carbocycles. The number of ether oxygens (including phenoxy) is 4. The summed E-state index contributed by atoms with van der Waals surface area (Å²) < 4.78 is 27.2. The number of hydrogen-bond donors (Lipinski definition) is 1. The van der Waals surface area contributed by atoms with Gasteiger partial charge in [-0.25, -0.2) is 4.90 Å². The molecule has 2 aromatic rings. The molecule has 0 spiro atoms. The van der Waals surface area contributed by atoms with Crippen molar-refractivity contribution in [1.82, 2.24) is 4.90 Å². The van der Waals surface area contributed by atoms with Gasteiger partial charge in [-0.1, -0.05) is 36.9 Å². The van der Waals surface area contributed by atoms with Crippen molar-refractivity contribution >= 4 is 51.9 Å². The second-order valence-corrected chi connectivity index (χ2v) is 9.52. The number of thioether (sulfide) groups is 1. The number of nitrogens with one attached hydrogen (secondary N) is 1. The Labute approximate surface area is 218 Å². The average Bonchev–Trinajstić information content (AvgIpc) is 3.28. The molecule has 36 heavy (non-hydrogen) atoms. The Morgan fingerprint density at radius 3 is 2.44 bits per heavy atom. The van der Waals surface area contributed by atoms with E-state index in [0.29, 0.717) is 39.8 Å². The summed E-state index contributed by atoms with van der Waals surface area (Å²) in [4.78, 5) is 18.4. The predicted octanol–water partition coefficient (Wildman–Crippen LogP) is 4.80. The number of nitrogens with zero attached hydrogens (tertiary/aromatic N) is 3. The van der Waals surface area contributed by atoms with E-state index in [1.165, 1.54) is 26.0 Å². The molecule has 188 valence electrons. The van der Waals surface area contributed by atoms with Crippen molar-refractivity contribution in [2.75, 3.05) is 33.2 Å². The summed E-state index contributed by atoms with van der Waals surface area (Å²) in [5.74, 6) is 2.40. The van der Waals surface area contributed by atoms with E-state index in [2.05, 4.69) is 9.39 Å². The van der Waals surface area contributed by atoms with Gasteiger partial charge in [-0.2, -0.15) is 9.39 Å². The lowest BCUT2D eigenvalue weighted by atomic mass is 10.1. The molecular formula is C25H26N4O5S2. The Balaban J connectivity index is 1.54. The van der Waals surface area contributed by atoms with Crippen LogP contribution in [-0.2, 0) is 4.79 Å². The van der Waals surface area contributed by atoms with Crippen LogP contribution in [0.5, 0.6) is 23.0 Å². The SMILES string of the molecule is CCSC1=NSC2=NC(=O)/C(=C\c3cc(OC)c(OCCOc4ccccc4C)c(OC)c3)C(=N)N12. The number of amides is 1. The molecule has 0 bridgehead atoms. The van der Waals surface area contributed by atoms with Crippen LogP contribution in [0.1, 0.15) is 18.1 Å². The van der Waals surface area contributed by atoms with Crippen molar-refractivity contribution in [3.63, 3.8) is 0 Å². The molecular weight excluding hydrogens is 500 g/mol. The molecule has 0 saturated carbocycles. The first-order valence-electron chi connectivity index (χ1n) is 11.2. The van der Waals surface area contributed by atoms with Gasteiger partial charge in [-0.05, 0) is 48.1 Å². The monoisotopic (exact) mass is 526 g/mol. The van der Waals surface area contributed by atoms with Crippen LogP contribution in [0.15, 0.2) is 51.4 Å². The van der Waals surface area contributed by atoms with Crippen LogP contribution < -0.4 is 18.9 Å². The summed E-state index contributed by atoms with van der Waals surface area (Å²) in [5, 5.41) is 9.68. The van der Waals surface area contributed by atoms with Crippen LogP contribution in [0.4, 0.5) is 0 Å². The Kier molecular flexibility index (Phi) is 8.21. The largest absolute Gasteiger partial charge is 0.493 e. The smallest absolute Gasteiger partial charge is 0.283 e. The number of carbonyl (C=O) groups is 1. The molecule has 2 aliphatic heterocycles. The van der Waals surface area contributed by atoms with Crippen LogP contribution in [0.25, 0.3) is 6.08 Å². The normalized spacial score (nSPS) is 16.0. The van der Waals surface area contributed by atoms with Gasteiger partial charge in [0.15, 0.2) is 16.7 Å². The predicted molar refractivity (Wildman–Crippen MR) is 145 cm³/mol. The van der Waals surface area contributed by atoms with Crippen molar-refractivity contribution in [3.05, 3.63) is 53.1 Å². The molecule has 4 rings (SSSR count). The molecule has 11 heteroatoms. The number of carbonyl (C=O) groups excluding carboxylic acids is 1. The van der Waals surface area contributed by atoms with Gasteiger partial charge in [0.25, 0.3) is 5.91 Å². The van der Waals surface area contributed by atoms with E-state index in [4.69, 9.17) is 24.4 Å². The number of aryl methyl sites for hydroxylation is 1. The van der Waals surface area contributed by atoms with Crippen LogP contribution in [0, 0.1) is 12.3 Å². The van der Waals surface area contributed by atoms with E-state index < -0.39 is 5.91 Å². The molecule has 0 saturated heterocycles. The first-order valence-corrected chi connectivity index (χ1v) is 12.9. The summed E-state index contributed by atoms with van der Waals surface area (Å²) in [6.45, 7) is 4.59. The molecule has 2 aliphatic rings. The molecule has 1 N–H and O–H groups in total. The lowest BCUT2D eigenvalue weighted by molar-refractivity contribution is -0.114. The highest BCUT2D eigenvalue weighted by atomic mass is 32.2. The maximum absolute atomic E-state index is 12.7. The number of methoxy groups -OCH3 is 2. The highest BCUT2D eigenvalue weighted by Crippen LogP contribution is 2.40. The first-order chi connectivity index (χ1) is 17.5. The van der Waals surface area contributed by atoms with E-state index in [1.807, 2.05) is 38.1 Å². The first kappa shape index (κ1) is 25.6. The van der Waals surface area contributed by atoms with Gasteiger partial charge in [0.05, 0.1) is 31.7 Å². The van der Waals surface area contributed by atoms with Gasteiger partial charge in [0.2, 0.25) is 10.9 Å². The van der Waals surface area contributed by atoms with Crippen molar-refractivity contribution in [1.29, 1.82) is 5.41 Å². The Hall–Kier alpha value is -3.44. The van der Waals surface area contributed by atoms with Crippen LogP contribution >= 0.6 is 23.7 Å². The zero-order valence-corrected chi connectivity index (χ0v) is 22.0. The molecule has 0 aromatic heterocycles. The van der Waals surface area contributed by atoms with Gasteiger partial charge in [0, 0.05) is 0 Å². The van der Waals surface area contributed by atoms with Crippen molar-refractivity contribution in [2.24, 2.45) is 9.39 Å². The van der Waals surface area contributed by atoms with Gasteiger partial charge < -0.3 is 18.9 Å². The van der Waals surface area contributed by atoms with E-state index in [-0.39, 0.29) is 18.0 Å². The third-order valence-electron chi connectivity index (χ3n) is 5.24.